The van der Waals surface area contributed by atoms with Crippen LogP contribution in [0.2, 0.25) is 0 Å². The molecule has 27 heavy (non-hydrogen) atoms. The quantitative estimate of drug-likeness (QED) is 0.822. The molecule has 146 valence electrons. The lowest BCUT2D eigenvalue weighted by Gasteiger charge is -2.20. The van der Waals surface area contributed by atoms with Gasteiger partial charge in [0.15, 0.2) is 0 Å². The molecule has 0 aromatic heterocycles. The number of anilines is 1. The molecule has 0 spiro atoms. The van der Waals surface area contributed by atoms with Crippen molar-refractivity contribution in [2.75, 3.05) is 17.8 Å². The van der Waals surface area contributed by atoms with Gasteiger partial charge in [0.1, 0.15) is 0 Å². The van der Waals surface area contributed by atoms with Gasteiger partial charge in [-0.15, -0.1) is 0 Å². The van der Waals surface area contributed by atoms with Crippen LogP contribution in [0.1, 0.15) is 31.2 Å². The van der Waals surface area contributed by atoms with E-state index in [-0.39, 0.29) is 9.79 Å². The predicted octanol–water partition coefficient (Wildman–Crippen LogP) is 3.36. The largest absolute Gasteiger partial charge is 0.280 e. The number of benzene rings is 2. The topological polar surface area (TPSA) is 83.5 Å². The molecule has 1 aliphatic heterocycles. The van der Waals surface area contributed by atoms with Crippen molar-refractivity contribution >= 4 is 25.7 Å². The van der Waals surface area contributed by atoms with Crippen LogP contribution in [0.4, 0.5) is 5.69 Å². The van der Waals surface area contributed by atoms with Crippen molar-refractivity contribution in [2.24, 2.45) is 0 Å². The summed E-state index contributed by atoms with van der Waals surface area (Å²) in [5, 5.41) is 0. The van der Waals surface area contributed by atoms with Crippen LogP contribution >= 0.6 is 0 Å². The lowest BCUT2D eigenvalue weighted by Crippen LogP contribution is -2.31. The van der Waals surface area contributed by atoms with Gasteiger partial charge in [0.05, 0.1) is 9.79 Å². The van der Waals surface area contributed by atoms with E-state index in [1.54, 1.807) is 18.2 Å². The molecular weight excluding hydrogens is 384 g/mol. The number of sulfonamides is 2. The second-order valence-corrected chi connectivity index (χ2v) is 10.4. The minimum absolute atomic E-state index is 0.0267. The van der Waals surface area contributed by atoms with Crippen LogP contribution in [0, 0.1) is 6.92 Å². The van der Waals surface area contributed by atoms with E-state index in [4.69, 9.17) is 0 Å². The summed E-state index contributed by atoms with van der Waals surface area (Å²) in [5.41, 5.74) is 1.41. The fourth-order valence-corrected chi connectivity index (χ4v) is 5.71. The number of nitrogens with zero attached hydrogens (tertiary/aromatic N) is 1. The van der Waals surface area contributed by atoms with Gasteiger partial charge in [0.2, 0.25) is 10.0 Å². The van der Waals surface area contributed by atoms with Gasteiger partial charge < -0.3 is 0 Å². The highest BCUT2D eigenvalue weighted by Gasteiger charge is 2.25. The minimum Gasteiger partial charge on any atom is -0.280 e. The van der Waals surface area contributed by atoms with Crippen LogP contribution in [0.5, 0.6) is 0 Å². The maximum Gasteiger partial charge on any atom is 0.261 e. The van der Waals surface area contributed by atoms with Gasteiger partial charge in [0.25, 0.3) is 10.0 Å². The molecule has 1 aliphatic rings. The zero-order valence-corrected chi connectivity index (χ0v) is 16.9. The van der Waals surface area contributed by atoms with Gasteiger partial charge in [-0.2, -0.15) is 4.31 Å². The number of hydrogen-bond acceptors (Lipinski definition) is 4. The molecular formula is C19H24N2O4S2. The third kappa shape index (κ3) is 4.69. The van der Waals surface area contributed by atoms with Gasteiger partial charge in [-0.3, -0.25) is 4.72 Å². The maximum atomic E-state index is 12.8. The van der Waals surface area contributed by atoms with Gasteiger partial charge in [0, 0.05) is 18.8 Å². The average molecular weight is 409 g/mol. The van der Waals surface area contributed by atoms with Gasteiger partial charge in [-0.25, -0.2) is 16.8 Å². The first-order valence-corrected chi connectivity index (χ1v) is 11.9. The predicted molar refractivity (Wildman–Crippen MR) is 106 cm³/mol. The highest BCUT2D eigenvalue weighted by atomic mass is 32.2. The highest BCUT2D eigenvalue weighted by molar-refractivity contribution is 7.92. The molecule has 1 N–H and O–H groups in total. The summed E-state index contributed by atoms with van der Waals surface area (Å²) in [6, 6.07) is 12.4. The average Bonchev–Trinajstić information content (AvgIpc) is 2.91. The zero-order valence-electron chi connectivity index (χ0n) is 15.3. The van der Waals surface area contributed by atoms with Crippen molar-refractivity contribution in [3.8, 4) is 0 Å². The molecule has 3 rings (SSSR count). The maximum absolute atomic E-state index is 12.8. The first-order chi connectivity index (χ1) is 12.8. The Labute approximate surface area is 161 Å². The zero-order chi connectivity index (χ0) is 19.5. The summed E-state index contributed by atoms with van der Waals surface area (Å²) in [6.45, 7) is 2.90. The Kier molecular flexibility index (Phi) is 5.88. The van der Waals surface area contributed by atoms with E-state index < -0.39 is 20.0 Å². The molecule has 0 bridgehead atoms. The first kappa shape index (κ1) is 19.9. The van der Waals surface area contributed by atoms with E-state index in [1.807, 2.05) is 13.0 Å². The summed E-state index contributed by atoms with van der Waals surface area (Å²) in [7, 11) is -7.38. The van der Waals surface area contributed by atoms with Crippen LogP contribution in [0.15, 0.2) is 58.3 Å². The molecule has 2 aromatic carbocycles. The van der Waals surface area contributed by atoms with Crippen molar-refractivity contribution < 1.29 is 16.8 Å². The van der Waals surface area contributed by atoms with E-state index in [1.165, 1.54) is 28.6 Å². The Morgan fingerprint density at radius 2 is 1.41 bits per heavy atom. The molecule has 1 saturated heterocycles. The molecule has 0 atom stereocenters. The fraction of sp³-hybridized carbons (Fsp3) is 0.368. The molecule has 0 saturated carbocycles. The number of rotatable bonds is 5. The smallest absolute Gasteiger partial charge is 0.261 e. The Balaban J connectivity index is 1.81. The van der Waals surface area contributed by atoms with Crippen LogP contribution in [-0.4, -0.2) is 34.2 Å². The summed E-state index contributed by atoms with van der Waals surface area (Å²) in [5.74, 6) is 0. The van der Waals surface area contributed by atoms with Crippen molar-refractivity contribution in [3.05, 3.63) is 54.1 Å². The summed E-state index contributed by atoms with van der Waals surface area (Å²) < 4.78 is 54.7. The Morgan fingerprint density at radius 3 is 2.00 bits per heavy atom. The van der Waals surface area contributed by atoms with Crippen molar-refractivity contribution in [1.29, 1.82) is 0 Å². The molecule has 8 heteroatoms. The molecule has 0 amide bonds. The lowest BCUT2D eigenvalue weighted by molar-refractivity contribution is 0.423. The van der Waals surface area contributed by atoms with E-state index >= 15 is 0 Å². The SMILES string of the molecule is Cc1cccc(NS(=O)(=O)c2ccc(S(=O)(=O)N3CCCCCC3)cc2)c1. The molecule has 0 aliphatic carbocycles. The second-order valence-electron chi connectivity index (χ2n) is 6.76. The van der Waals surface area contributed by atoms with E-state index in [9.17, 15) is 16.8 Å². The molecule has 0 radical (unpaired) electrons. The summed E-state index contributed by atoms with van der Waals surface area (Å²) >= 11 is 0. The summed E-state index contributed by atoms with van der Waals surface area (Å²) in [4.78, 5) is 0.151. The minimum atomic E-state index is -3.78. The van der Waals surface area contributed by atoms with Gasteiger partial charge in [-0.05, 0) is 61.7 Å². The standard InChI is InChI=1S/C19H24N2O4S2/c1-16-7-6-8-17(15-16)20-26(22,23)18-9-11-19(12-10-18)27(24,25)21-13-4-2-3-5-14-21/h6-12,15,20H,2-5,13-14H2,1H3. The fourth-order valence-electron chi connectivity index (χ4n) is 3.14. The van der Waals surface area contributed by atoms with E-state index in [0.29, 0.717) is 18.8 Å². The van der Waals surface area contributed by atoms with E-state index in [2.05, 4.69) is 4.72 Å². The normalized spacial score (nSPS) is 16.6. The van der Waals surface area contributed by atoms with Gasteiger partial charge >= 0.3 is 0 Å². The van der Waals surface area contributed by atoms with Crippen molar-refractivity contribution in [1.82, 2.24) is 4.31 Å². The molecule has 2 aromatic rings. The summed E-state index contributed by atoms with van der Waals surface area (Å²) in [6.07, 6.45) is 3.78. The van der Waals surface area contributed by atoms with E-state index in [0.717, 1.165) is 31.2 Å². The lowest BCUT2D eigenvalue weighted by atomic mass is 10.2. The Bertz CT molecular complexity index is 992. The Hall–Kier alpha value is -1.90. The monoisotopic (exact) mass is 408 g/mol. The first-order valence-electron chi connectivity index (χ1n) is 8.99. The number of aryl methyl sites for hydroxylation is 1. The third-order valence-electron chi connectivity index (χ3n) is 4.61. The van der Waals surface area contributed by atoms with Gasteiger partial charge in [-0.1, -0.05) is 25.0 Å². The molecule has 0 unspecified atom stereocenters. The Morgan fingerprint density at radius 1 is 0.815 bits per heavy atom. The van der Waals surface area contributed by atoms with Crippen LogP contribution in [-0.2, 0) is 20.0 Å². The second kappa shape index (κ2) is 8.00. The molecule has 1 heterocycles. The number of nitrogens with one attached hydrogen (secondary N) is 1. The van der Waals surface area contributed by atoms with Crippen LogP contribution in [0.25, 0.3) is 0 Å². The number of hydrogen-bond donors (Lipinski definition) is 1. The van der Waals surface area contributed by atoms with Crippen LogP contribution in [0.3, 0.4) is 0 Å². The molecule has 1 fully saturated rings. The van der Waals surface area contributed by atoms with Crippen molar-refractivity contribution in [2.45, 2.75) is 42.4 Å². The van der Waals surface area contributed by atoms with Crippen molar-refractivity contribution in [3.63, 3.8) is 0 Å². The highest BCUT2D eigenvalue weighted by Crippen LogP contribution is 2.23. The third-order valence-corrected chi connectivity index (χ3v) is 7.92. The van der Waals surface area contributed by atoms with Crippen LogP contribution < -0.4 is 4.72 Å². The molecule has 6 nitrogen and oxygen atoms in total.